The van der Waals surface area contributed by atoms with E-state index in [2.05, 4.69) is 19.6 Å². The Morgan fingerprint density at radius 1 is 0.929 bits per heavy atom. The monoisotopic (exact) mass is 218 g/mol. The van der Waals surface area contributed by atoms with E-state index in [0.717, 1.165) is 12.8 Å². The standard InChI is InChI=1S/C12H26OS/c1-2-3-4-5-6-7-8-9-12(14)10-11-13/h12-14H,2-11H2,1H3. The Labute approximate surface area is 94.7 Å². The zero-order chi connectivity index (χ0) is 10.6. The molecule has 0 aromatic carbocycles. The molecule has 0 aliphatic carbocycles. The van der Waals surface area contributed by atoms with Crippen molar-refractivity contribution in [3.05, 3.63) is 0 Å². The van der Waals surface area contributed by atoms with E-state index in [1.807, 2.05) is 0 Å². The first-order valence-electron chi connectivity index (χ1n) is 6.10. The lowest BCUT2D eigenvalue weighted by molar-refractivity contribution is 0.285. The van der Waals surface area contributed by atoms with E-state index in [4.69, 9.17) is 5.11 Å². The highest BCUT2D eigenvalue weighted by Gasteiger charge is 2.00. The summed E-state index contributed by atoms with van der Waals surface area (Å²) in [4.78, 5) is 0. The third-order valence-electron chi connectivity index (χ3n) is 2.60. The molecule has 14 heavy (non-hydrogen) atoms. The Balaban J connectivity index is 2.98. The Kier molecular flexibility index (Phi) is 11.6. The molecule has 0 fully saturated rings. The fraction of sp³-hybridized carbons (Fsp3) is 1.00. The molecule has 0 rings (SSSR count). The van der Waals surface area contributed by atoms with Gasteiger partial charge in [-0.3, -0.25) is 0 Å². The molecule has 0 heterocycles. The summed E-state index contributed by atoms with van der Waals surface area (Å²) >= 11 is 4.41. The van der Waals surface area contributed by atoms with Crippen molar-refractivity contribution in [1.82, 2.24) is 0 Å². The fourth-order valence-corrected chi connectivity index (χ4v) is 1.93. The minimum absolute atomic E-state index is 0.282. The van der Waals surface area contributed by atoms with Crippen LogP contribution in [0.25, 0.3) is 0 Å². The van der Waals surface area contributed by atoms with Crippen LogP contribution in [0.3, 0.4) is 0 Å². The fourth-order valence-electron chi connectivity index (χ4n) is 1.63. The van der Waals surface area contributed by atoms with Gasteiger partial charge < -0.3 is 5.11 Å². The summed E-state index contributed by atoms with van der Waals surface area (Å²) in [6.45, 7) is 2.53. The normalized spacial score (nSPS) is 13.1. The van der Waals surface area contributed by atoms with Gasteiger partial charge in [0, 0.05) is 11.9 Å². The molecule has 1 nitrogen and oxygen atoms in total. The zero-order valence-corrected chi connectivity index (χ0v) is 10.4. The summed E-state index contributed by atoms with van der Waals surface area (Å²) in [7, 11) is 0. The van der Waals surface area contributed by atoms with Crippen molar-refractivity contribution < 1.29 is 5.11 Å². The van der Waals surface area contributed by atoms with Crippen LogP contribution in [0.1, 0.15) is 64.7 Å². The smallest absolute Gasteiger partial charge is 0.0441 e. The molecule has 1 N–H and O–H groups in total. The van der Waals surface area contributed by atoms with Crippen LogP contribution in [0, 0.1) is 0 Å². The molecule has 0 bridgehead atoms. The molecule has 1 atom stereocenters. The highest BCUT2D eigenvalue weighted by Crippen LogP contribution is 2.13. The van der Waals surface area contributed by atoms with Crippen molar-refractivity contribution in [2.75, 3.05) is 6.61 Å². The van der Waals surface area contributed by atoms with E-state index in [-0.39, 0.29) is 6.61 Å². The number of hydrogen-bond donors (Lipinski definition) is 2. The molecule has 0 aromatic rings. The molecule has 0 amide bonds. The second-order valence-corrected chi connectivity index (χ2v) is 4.81. The number of aliphatic hydroxyl groups excluding tert-OH is 1. The second kappa shape index (κ2) is 11.4. The van der Waals surface area contributed by atoms with Crippen LogP contribution < -0.4 is 0 Å². The summed E-state index contributed by atoms with van der Waals surface area (Å²) in [5, 5.41) is 9.10. The van der Waals surface area contributed by atoms with E-state index in [1.165, 1.54) is 44.9 Å². The Morgan fingerprint density at radius 3 is 2.07 bits per heavy atom. The summed E-state index contributed by atoms with van der Waals surface area (Å²) in [6, 6.07) is 0. The number of thiol groups is 1. The van der Waals surface area contributed by atoms with Crippen LogP contribution in [-0.4, -0.2) is 17.0 Å². The second-order valence-electron chi connectivity index (χ2n) is 4.08. The van der Waals surface area contributed by atoms with Crippen molar-refractivity contribution in [3.8, 4) is 0 Å². The van der Waals surface area contributed by atoms with Crippen LogP contribution in [0.15, 0.2) is 0 Å². The van der Waals surface area contributed by atoms with Crippen molar-refractivity contribution in [3.63, 3.8) is 0 Å². The molecule has 0 saturated heterocycles. The summed E-state index contributed by atoms with van der Waals surface area (Å²) in [5.41, 5.74) is 0. The van der Waals surface area contributed by atoms with Crippen molar-refractivity contribution in [2.45, 2.75) is 70.0 Å². The molecule has 0 radical (unpaired) electrons. The molecule has 86 valence electrons. The van der Waals surface area contributed by atoms with E-state index < -0.39 is 0 Å². The lowest BCUT2D eigenvalue weighted by Gasteiger charge is -2.07. The van der Waals surface area contributed by atoms with E-state index in [0.29, 0.717) is 5.25 Å². The topological polar surface area (TPSA) is 20.2 Å². The van der Waals surface area contributed by atoms with Gasteiger partial charge in [0.05, 0.1) is 0 Å². The van der Waals surface area contributed by atoms with Gasteiger partial charge >= 0.3 is 0 Å². The SMILES string of the molecule is CCCCCCCCCC(S)CCO. The third kappa shape index (κ3) is 10.4. The van der Waals surface area contributed by atoms with Crippen molar-refractivity contribution >= 4 is 12.6 Å². The first kappa shape index (κ1) is 14.3. The molecular weight excluding hydrogens is 192 g/mol. The van der Waals surface area contributed by atoms with Crippen molar-refractivity contribution in [1.29, 1.82) is 0 Å². The van der Waals surface area contributed by atoms with E-state index >= 15 is 0 Å². The predicted octanol–water partition coefficient (Wildman–Crippen LogP) is 3.81. The third-order valence-corrected chi connectivity index (χ3v) is 3.12. The van der Waals surface area contributed by atoms with Crippen LogP contribution in [0.2, 0.25) is 0 Å². The van der Waals surface area contributed by atoms with Gasteiger partial charge in [-0.25, -0.2) is 0 Å². The minimum atomic E-state index is 0.282. The minimum Gasteiger partial charge on any atom is -0.396 e. The average Bonchev–Trinajstić information content (AvgIpc) is 2.17. The van der Waals surface area contributed by atoms with Gasteiger partial charge in [-0.15, -0.1) is 0 Å². The molecule has 0 aliphatic rings. The highest BCUT2D eigenvalue weighted by atomic mass is 32.1. The molecule has 2 heteroatoms. The van der Waals surface area contributed by atoms with Gasteiger partial charge in [0.1, 0.15) is 0 Å². The quantitative estimate of drug-likeness (QED) is 0.422. The maximum atomic E-state index is 8.69. The van der Waals surface area contributed by atoms with Gasteiger partial charge in [-0.05, 0) is 12.8 Å². The number of unbranched alkanes of at least 4 members (excludes halogenated alkanes) is 6. The largest absolute Gasteiger partial charge is 0.396 e. The Morgan fingerprint density at radius 2 is 1.50 bits per heavy atom. The molecular formula is C12H26OS. The first-order valence-corrected chi connectivity index (χ1v) is 6.61. The van der Waals surface area contributed by atoms with Crippen LogP contribution >= 0.6 is 12.6 Å². The molecule has 1 unspecified atom stereocenters. The van der Waals surface area contributed by atoms with Gasteiger partial charge in [0.2, 0.25) is 0 Å². The van der Waals surface area contributed by atoms with E-state index in [1.54, 1.807) is 0 Å². The lowest BCUT2D eigenvalue weighted by Crippen LogP contribution is -2.01. The van der Waals surface area contributed by atoms with Crippen LogP contribution in [-0.2, 0) is 0 Å². The van der Waals surface area contributed by atoms with Gasteiger partial charge in [-0.2, -0.15) is 12.6 Å². The Hall–Kier alpha value is 0.310. The molecule has 0 aromatic heterocycles. The number of hydrogen-bond acceptors (Lipinski definition) is 2. The van der Waals surface area contributed by atoms with Gasteiger partial charge in [0.15, 0.2) is 0 Å². The lowest BCUT2D eigenvalue weighted by atomic mass is 10.1. The zero-order valence-electron chi connectivity index (χ0n) is 9.54. The summed E-state index contributed by atoms with van der Waals surface area (Å²) in [6.07, 6.45) is 11.5. The maximum Gasteiger partial charge on any atom is 0.0441 e. The number of rotatable bonds is 10. The predicted molar refractivity (Wildman–Crippen MR) is 67.1 cm³/mol. The van der Waals surface area contributed by atoms with Gasteiger partial charge in [0.25, 0.3) is 0 Å². The first-order chi connectivity index (χ1) is 6.81. The maximum absolute atomic E-state index is 8.69. The highest BCUT2D eigenvalue weighted by molar-refractivity contribution is 7.80. The number of aliphatic hydroxyl groups is 1. The van der Waals surface area contributed by atoms with Gasteiger partial charge in [-0.1, -0.05) is 51.9 Å². The molecule has 0 spiro atoms. The van der Waals surface area contributed by atoms with Crippen LogP contribution in [0.5, 0.6) is 0 Å². The van der Waals surface area contributed by atoms with Crippen molar-refractivity contribution in [2.24, 2.45) is 0 Å². The molecule has 0 aliphatic heterocycles. The summed E-state index contributed by atoms with van der Waals surface area (Å²) in [5.74, 6) is 0. The molecule has 0 saturated carbocycles. The average molecular weight is 218 g/mol. The Bertz CT molecular complexity index is 106. The summed E-state index contributed by atoms with van der Waals surface area (Å²) < 4.78 is 0. The van der Waals surface area contributed by atoms with E-state index in [9.17, 15) is 0 Å². The van der Waals surface area contributed by atoms with Crippen LogP contribution in [0.4, 0.5) is 0 Å².